The quantitative estimate of drug-likeness (QED) is 0.807. The van der Waals surface area contributed by atoms with Crippen LogP contribution in [0.25, 0.3) is 0 Å². The molecule has 128 valence electrons. The molecule has 7 heteroatoms. The van der Waals surface area contributed by atoms with Crippen LogP contribution in [0, 0.1) is 5.92 Å². The van der Waals surface area contributed by atoms with Crippen molar-refractivity contribution in [3.8, 4) is 5.75 Å². The van der Waals surface area contributed by atoms with E-state index >= 15 is 0 Å². The Balaban J connectivity index is 2.03. The minimum absolute atomic E-state index is 0.0587. The first-order chi connectivity index (χ1) is 11.5. The van der Waals surface area contributed by atoms with Crippen LogP contribution in [-0.4, -0.2) is 29.4 Å². The Kier molecular flexibility index (Phi) is 6.31. The number of nitrogens with one attached hydrogen (secondary N) is 2. The summed E-state index contributed by atoms with van der Waals surface area (Å²) in [5.41, 5.74) is 0.478. The zero-order valence-electron chi connectivity index (χ0n) is 13.9. The number of aromatic nitrogens is 1. The summed E-state index contributed by atoms with van der Waals surface area (Å²) >= 11 is 1.33. The van der Waals surface area contributed by atoms with Gasteiger partial charge in [-0.05, 0) is 37.1 Å². The van der Waals surface area contributed by atoms with Crippen molar-refractivity contribution in [2.45, 2.75) is 26.8 Å². The molecule has 2 aromatic rings. The maximum absolute atomic E-state index is 12.4. The number of rotatable bonds is 7. The van der Waals surface area contributed by atoms with Gasteiger partial charge in [0.25, 0.3) is 5.91 Å². The Hall–Kier alpha value is -2.41. The summed E-state index contributed by atoms with van der Waals surface area (Å²) in [6, 6.07) is 6.18. The highest BCUT2D eigenvalue weighted by molar-refractivity contribution is 7.13. The molecule has 2 amide bonds. The summed E-state index contributed by atoms with van der Waals surface area (Å²) in [5, 5.41) is 7.79. The fourth-order valence-electron chi connectivity index (χ4n) is 2.10. The number of hydrogen-bond donors (Lipinski definition) is 2. The number of thiazole rings is 1. The number of hydrogen-bond acceptors (Lipinski definition) is 5. The van der Waals surface area contributed by atoms with E-state index in [1.54, 1.807) is 35.8 Å². The highest BCUT2D eigenvalue weighted by Gasteiger charge is 2.25. The van der Waals surface area contributed by atoms with E-state index in [-0.39, 0.29) is 17.7 Å². The lowest BCUT2D eigenvalue weighted by molar-refractivity contribution is -0.118. The molecule has 6 nitrogen and oxygen atoms in total. The van der Waals surface area contributed by atoms with Gasteiger partial charge >= 0.3 is 0 Å². The molecule has 0 fully saturated rings. The van der Waals surface area contributed by atoms with E-state index in [1.807, 2.05) is 20.8 Å². The molecule has 0 saturated carbocycles. The van der Waals surface area contributed by atoms with Crippen LogP contribution in [-0.2, 0) is 4.79 Å². The maximum Gasteiger partial charge on any atom is 0.251 e. The van der Waals surface area contributed by atoms with Crippen LogP contribution >= 0.6 is 11.3 Å². The van der Waals surface area contributed by atoms with E-state index in [4.69, 9.17) is 4.74 Å². The third kappa shape index (κ3) is 4.79. The van der Waals surface area contributed by atoms with Crippen molar-refractivity contribution in [1.82, 2.24) is 10.3 Å². The normalized spacial score (nSPS) is 11.8. The topological polar surface area (TPSA) is 80.3 Å². The summed E-state index contributed by atoms with van der Waals surface area (Å²) in [6.45, 7) is 6.22. The van der Waals surface area contributed by atoms with Crippen LogP contribution in [0.1, 0.15) is 31.1 Å². The molecular weight excluding hydrogens is 326 g/mol. The SMILES string of the molecule is CCOc1ccc(C(=O)NC(C(=O)Nc2nccs2)C(C)C)cc1. The van der Waals surface area contributed by atoms with Gasteiger partial charge < -0.3 is 15.4 Å². The Morgan fingerprint density at radius 3 is 2.50 bits per heavy atom. The summed E-state index contributed by atoms with van der Waals surface area (Å²) < 4.78 is 5.36. The number of carbonyl (C=O) groups excluding carboxylic acids is 2. The summed E-state index contributed by atoms with van der Waals surface area (Å²) in [5.74, 6) is 0.0675. The van der Waals surface area contributed by atoms with Gasteiger partial charge in [-0.2, -0.15) is 0 Å². The molecule has 0 aliphatic rings. The minimum atomic E-state index is -0.645. The van der Waals surface area contributed by atoms with Gasteiger partial charge in [-0.25, -0.2) is 4.98 Å². The predicted octanol–water partition coefficient (Wildman–Crippen LogP) is 2.93. The van der Waals surface area contributed by atoms with Crippen molar-refractivity contribution in [2.75, 3.05) is 11.9 Å². The van der Waals surface area contributed by atoms with E-state index in [0.717, 1.165) is 0 Å². The van der Waals surface area contributed by atoms with E-state index < -0.39 is 6.04 Å². The molecule has 0 saturated heterocycles. The fourth-order valence-corrected chi connectivity index (χ4v) is 2.63. The predicted molar refractivity (Wildman–Crippen MR) is 94.4 cm³/mol. The van der Waals surface area contributed by atoms with Crippen LogP contribution in [0.15, 0.2) is 35.8 Å². The molecule has 1 atom stereocenters. The first kappa shape index (κ1) is 17.9. The summed E-state index contributed by atoms with van der Waals surface area (Å²) in [7, 11) is 0. The zero-order chi connectivity index (χ0) is 17.5. The van der Waals surface area contributed by atoms with Gasteiger partial charge in [-0.3, -0.25) is 9.59 Å². The lowest BCUT2D eigenvalue weighted by atomic mass is 10.0. The number of anilines is 1. The van der Waals surface area contributed by atoms with Crippen LogP contribution in [0.4, 0.5) is 5.13 Å². The van der Waals surface area contributed by atoms with Crippen LogP contribution in [0.5, 0.6) is 5.75 Å². The Bertz CT molecular complexity index is 669. The fraction of sp³-hybridized carbons (Fsp3) is 0.353. The van der Waals surface area contributed by atoms with Crippen molar-refractivity contribution >= 4 is 28.3 Å². The van der Waals surface area contributed by atoms with E-state index in [2.05, 4.69) is 15.6 Å². The molecule has 0 aliphatic carbocycles. The summed E-state index contributed by atoms with van der Waals surface area (Å²) in [4.78, 5) is 28.8. The number of ether oxygens (including phenoxy) is 1. The monoisotopic (exact) mass is 347 g/mol. The van der Waals surface area contributed by atoms with Gasteiger partial charge in [0.15, 0.2) is 5.13 Å². The summed E-state index contributed by atoms with van der Waals surface area (Å²) in [6.07, 6.45) is 1.61. The molecule has 0 aliphatic heterocycles. The third-order valence-corrected chi connectivity index (χ3v) is 4.01. The van der Waals surface area contributed by atoms with Crippen molar-refractivity contribution in [1.29, 1.82) is 0 Å². The maximum atomic E-state index is 12.4. The van der Waals surface area contributed by atoms with Crippen molar-refractivity contribution in [3.63, 3.8) is 0 Å². The Morgan fingerprint density at radius 2 is 1.96 bits per heavy atom. The molecule has 1 aromatic heterocycles. The number of nitrogens with zero attached hydrogens (tertiary/aromatic N) is 1. The first-order valence-corrected chi connectivity index (χ1v) is 8.63. The first-order valence-electron chi connectivity index (χ1n) is 7.75. The van der Waals surface area contributed by atoms with E-state index in [0.29, 0.717) is 23.1 Å². The average Bonchev–Trinajstić information content (AvgIpc) is 3.06. The second-order valence-corrected chi connectivity index (χ2v) is 6.37. The van der Waals surface area contributed by atoms with Gasteiger partial charge in [-0.1, -0.05) is 13.8 Å². The van der Waals surface area contributed by atoms with E-state index in [1.165, 1.54) is 11.3 Å². The van der Waals surface area contributed by atoms with Gasteiger partial charge in [-0.15, -0.1) is 11.3 Å². The molecule has 1 unspecified atom stereocenters. The molecule has 2 rings (SSSR count). The second kappa shape index (κ2) is 8.44. The van der Waals surface area contributed by atoms with Gasteiger partial charge in [0.1, 0.15) is 11.8 Å². The largest absolute Gasteiger partial charge is 0.494 e. The van der Waals surface area contributed by atoms with Crippen LogP contribution in [0.3, 0.4) is 0 Å². The third-order valence-electron chi connectivity index (χ3n) is 3.33. The smallest absolute Gasteiger partial charge is 0.251 e. The lowest BCUT2D eigenvalue weighted by Gasteiger charge is -2.21. The van der Waals surface area contributed by atoms with Crippen molar-refractivity contribution in [3.05, 3.63) is 41.4 Å². The molecule has 24 heavy (non-hydrogen) atoms. The highest BCUT2D eigenvalue weighted by Crippen LogP contribution is 2.15. The zero-order valence-corrected chi connectivity index (χ0v) is 14.7. The van der Waals surface area contributed by atoms with Crippen LogP contribution in [0.2, 0.25) is 0 Å². The Labute approximate surface area is 145 Å². The molecule has 1 heterocycles. The molecule has 2 N–H and O–H groups in total. The van der Waals surface area contributed by atoms with Gasteiger partial charge in [0.05, 0.1) is 6.61 Å². The second-order valence-electron chi connectivity index (χ2n) is 5.48. The Morgan fingerprint density at radius 1 is 1.25 bits per heavy atom. The van der Waals surface area contributed by atoms with Gasteiger partial charge in [0, 0.05) is 17.1 Å². The van der Waals surface area contributed by atoms with E-state index in [9.17, 15) is 9.59 Å². The lowest BCUT2D eigenvalue weighted by Crippen LogP contribution is -2.47. The highest BCUT2D eigenvalue weighted by atomic mass is 32.1. The molecular formula is C17H21N3O3S. The van der Waals surface area contributed by atoms with Gasteiger partial charge in [0.2, 0.25) is 5.91 Å². The average molecular weight is 347 g/mol. The number of carbonyl (C=O) groups is 2. The van der Waals surface area contributed by atoms with Crippen molar-refractivity contribution in [2.24, 2.45) is 5.92 Å². The van der Waals surface area contributed by atoms with Crippen LogP contribution < -0.4 is 15.4 Å². The molecule has 0 radical (unpaired) electrons. The number of benzene rings is 1. The standard InChI is InChI=1S/C17H21N3O3S/c1-4-23-13-7-5-12(6-8-13)15(21)19-14(11(2)3)16(22)20-17-18-9-10-24-17/h5-11,14H,4H2,1-3H3,(H,19,21)(H,18,20,22). The molecule has 1 aromatic carbocycles. The molecule has 0 spiro atoms. The number of amides is 2. The molecule has 0 bridgehead atoms. The van der Waals surface area contributed by atoms with Crippen molar-refractivity contribution < 1.29 is 14.3 Å². The minimum Gasteiger partial charge on any atom is -0.494 e.